The van der Waals surface area contributed by atoms with Crippen molar-refractivity contribution in [3.05, 3.63) is 66.6 Å². The number of benzene rings is 1. The van der Waals surface area contributed by atoms with Crippen LogP contribution in [0.5, 0.6) is 0 Å². The summed E-state index contributed by atoms with van der Waals surface area (Å²) in [6.45, 7) is 4.52. The minimum atomic E-state index is -0.264. The van der Waals surface area contributed by atoms with Crippen LogP contribution in [0.1, 0.15) is 17.3 Å². The molecule has 4 rings (SSSR count). The summed E-state index contributed by atoms with van der Waals surface area (Å²) < 4.78 is 5.38. The number of carbonyl (C=O) groups is 2. The molecule has 31 heavy (non-hydrogen) atoms. The number of amides is 2. The van der Waals surface area contributed by atoms with Crippen LogP contribution < -0.4 is 15.5 Å². The maximum absolute atomic E-state index is 12.7. The van der Waals surface area contributed by atoms with Crippen LogP contribution in [0.25, 0.3) is 11.1 Å². The Hall–Kier alpha value is -3.78. The van der Waals surface area contributed by atoms with Crippen molar-refractivity contribution >= 4 is 29.0 Å². The Morgan fingerprint density at radius 2 is 1.61 bits per heavy atom. The average Bonchev–Trinajstić information content (AvgIpc) is 2.81. The van der Waals surface area contributed by atoms with Crippen LogP contribution in [0.2, 0.25) is 0 Å². The van der Waals surface area contributed by atoms with Gasteiger partial charge in [-0.25, -0.2) is 4.98 Å². The number of hydrogen-bond donors (Lipinski definition) is 2. The molecule has 1 saturated heterocycles. The van der Waals surface area contributed by atoms with Crippen molar-refractivity contribution in [3.63, 3.8) is 0 Å². The summed E-state index contributed by atoms with van der Waals surface area (Å²) in [6.07, 6.45) is 5.04. The second-order valence-electron chi connectivity index (χ2n) is 7.18. The van der Waals surface area contributed by atoms with E-state index in [1.165, 1.54) is 13.1 Å². The lowest BCUT2D eigenvalue weighted by Gasteiger charge is -2.27. The van der Waals surface area contributed by atoms with Gasteiger partial charge in [0.25, 0.3) is 5.91 Å². The van der Waals surface area contributed by atoms with Crippen molar-refractivity contribution < 1.29 is 14.3 Å². The summed E-state index contributed by atoms with van der Waals surface area (Å²) in [5, 5.41) is 5.53. The molecule has 1 aliphatic rings. The Balaban J connectivity index is 1.45. The number of ether oxygens (including phenoxy) is 1. The van der Waals surface area contributed by atoms with Crippen LogP contribution in [-0.4, -0.2) is 48.1 Å². The third-order valence-corrected chi connectivity index (χ3v) is 4.88. The zero-order chi connectivity index (χ0) is 21.6. The first-order valence-corrected chi connectivity index (χ1v) is 10.0. The van der Waals surface area contributed by atoms with Gasteiger partial charge in [-0.1, -0.05) is 0 Å². The predicted molar refractivity (Wildman–Crippen MR) is 119 cm³/mol. The molecule has 3 aromatic rings. The van der Waals surface area contributed by atoms with Gasteiger partial charge in [0, 0.05) is 61.1 Å². The van der Waals surface area contributed by atoms with Crippen LogP contribution in [0, 0.1) is 0 Å². The molecular formula is C23H23N5O3. The number of aromatic nitrogens is 2. The fourth-order valence-electron chi connectivity index (χ4n) is 3.30. The van der Waals surface area contributed by atoms with Crippen molar-refractivity contribution in [1.29, 1.82) is 0 Å². The summed E-state index contributed by atoms with van der Waals surface area (Å²) in [7, 11) is 0. The number of pyridine rings is 2. The van der Waals surface area contributed by atoms with Gasteiger partial charge in [-0.05, 0) is 42.5 Å². The molecular weight excluding hydrogens is 394 g/mol. The summed E-state index contributed by atoms with van der Waals surface area (Å²) >= 11 is 0. The first-order chi connectivity index (χ1) is 15.1. The van der Waals surface area contributed by atoms with Crippen LogP contribution in [0.4, 0.5) is 17.2 Å². The van der Waals surface area contributed by atoms with Crippen molar-refractivity contribution in [3.8, 4) is 11.1 Å². The highest BCUT2D eigenvalue weighted by Crippen LogP contribution is 2.22. The van der Waals surface area contributed by atoms with E-state index in [0.717, 1.165) is 30.0 Å². The number of anilines is 3. The van der Waals surface area contributed by atoms with E-state index in [0.29, 0.717) is 30.2 Å². The monoisotopic (exact) mass is 417 g/mol. The number of nitrogens with zero attached hydrogens (tertiary/aromatic N) is 3. The zero-order valence-electron chi connectivity index (χ0n) is 17.2. The normalized spacial score (nSPS) is 13.5. The Bertz CT molecular complexity index is 1060. The Morgan fingerprint density at radius 1 is 0.903 bits per heavy atom. The lowest BCUT2D eigenvalue weighted by atomic mass is 10.1. The van der Waals surface area contributed by atoms with Crippen LogP contribution in [0.3, 0.4) is 0 Å². The molecule has 2 N–H and O–H groups in total. The molecule has 0 spiro atoms. The highest BCUT2D eigenvalue weighted by atomic mass is 16.5. The molecule has 2 aromatic heterocycles. The van der Waals surface area contributed by atoms with Gasteiger partial charge in [0.15, 0.2) is 0 Å². The fourth-order valence-corrected chi connectivity index (χ4v) is 3.30. The molecule has 0 atom stereocenters. The van der Waals surface area contributed by atoms with E-state index in [2.05, 4.69) is 25.5 Å². The summed E-state index contributed by atoms with van der Waals surface area (Å²) in [6, 6.07) is 12.7. The molecule has 0 radical (unpaired) electrons. The minimum absolute atomic E-state index is 0.146. The fraction of sp³-hybridized carbons (Fsp3) is 0.217. The van der Waals surface area contributed by atoms with Crippen molar-refractivity contribution in [2.24, 2.45) is 0 Å². The van der Waals surface area contributed by atoms with Gasteiger partial charge in [-0.3, -0.25) is 14.6 Å². The van der Waals surface area contributed by atoms with E-state index in [4.69, 9.17) is 4.74 Å². The maximum Gasteiger partial charge on any atom is 0.257 e. The van der Waals surface area contributed by atoms with Gasteiger partial charge in [-0.15, -0.1) is 0 Å². The second kappa shape index (κ2) is 9.36. The molecule has 2 amide bonds. The zero-order valence-corrected chi connectivity index (χ0v) is 17.2. The van der Waals surface area contributed by atoms with Crippen LogP contribution in [0.15, 0.2) is 61.1 Å². The van der Waals surface area contributed by atoms with E-state index in [1.807, 2.05) is 12.1 Å². The number of rotatable bonds is 5. The molecule has 0 bridgehead atoms. The topological polar surface area (TPSA) is 96.5 Å². The van der Waals surface area contributed by atoms with Gasteiger partial charge >= 0.3 is 0 Å². The highest BCUT2D eigenvalue weighted by molar-refractivity contribution is 6.04. The van der Waals surface area contributed by atoms with Crippen molar-refractivity contribution in [1.82, 2.24) is 9.97 Å². The van der Waals surface area contributed by atoms with Gasteiger partial charge in [0.2, 0.25) is 5.91 Å². The molecule has 0 unspecified atom stereocenters. The summed E-state index contributed by atoms with van der Waals surface area (Å²) in [4.78, 5) is 34.7. The molecule has 158 valence electrons. The van der Waals surface area contributed by atoms with Crippen LogP contribution >= 0.6 is 0 Å². The Labute approximate surface area is 180 Å². The van der Waals surface area contributed by atoms with E-state index >= 15 is 0 Å². The Kier molecular flexibility index (Phi) is 6.18. The van der Waals surface area contributed by atoms with E-state index in [-0.39, 0.29) is 11.8 Å². The van der Waals surface area contributed by atoms with E-state index in [1.54, 1.807) is 42.7 Å². The number of morpholine rings is 1. The SMILES string of the molecule is CC(=O)Nc1ccc(NC(=O)c2cncc(-c3ccc(N4CCOCC4)nc3)c2)cc1. The van der Waals surface area contributed by atoms with Gasteiger partial charge in [0.1, 0.15) is 5.82 Å². The molecule has 0 saturated carbocycles. The van der Waals surface area contributed by atoms with Gasteiger partial charge < -0.3 is 20.3 Å². The second-order valence-corrected chi connectivity index (χ2v) is 7.18. The van der Waals surface area contributed by atoms with E-state index in [9.17, 15) is 9.59 Å². The van der Waals surface area contributed by atoms with Crippen molar-refractivity contribution in [2.75, 3.05) is 41.8 Å². The minimum Gasteiger partial charge on any atom is -0.378 e. The first kappa shape index (κ1) is 20.5. The largest absolute Gasteiger partial charge is 0.378 e. The van der Waals surface area contributed by atoms with Crippen LogP contribution in [-0.2, 0) is 9.53 Å². The molecule has 1 fully saturated rings. The molecule has 0 aliphatic carbocycles. The molecule has 8 heteroatoms. The molecule has 3 heterocycles. The first-order valence-electron chi connectivity index (χ1n) is 10.0. The number of carbonyl (C=O) groups excluding carboxylic acids is 2. The lowest BCUT2D eigenvalue weighted by molar-refractivity contribution is -0.114. The molecule has 1 aromatic carbocycles. The third kappa shape index (κ3) is 5.23. The third-order valence-electron chi connectivity index (χ3n) is 4.88. The average molecular weight is 417 g/mol. The quantitative estimate of drug-likeness (QED) is 0.662. The Morgan fingerprint density at radius 3 is 2.26 bits per heavy atom. The number of hydrogen-bond acceptors (Lipinski definition) is 6. The van der Waals surface area contributed by atoms with Gasteiger partial charge in [0.05, 0.1) is 18.8 Å². The number of nitrogens with one attached hydrogen (secondary N) is 2. The summed E-state index contributed by atoms with van der Waals surface area (Å²) in [5.41, 5.74) is 3.44. The van der Waals surface area contributed by atoms with E-state index < -0.39 is 0 Å². The summed E-state index contributed by atoms with van der Waals surface area (Å²) in [5.74, 6) is 0.503. The maximum atomic E-state index is 12.7. The molecule has 1 aliphatic heterocycles. The lowest BCUT2D eigenvalue weighted by Crippen LogP contribution is -2.36. The predicted octanol–water partition coefficient (Wildman–Crippen LogP) is 3.19. The standard InChI is InChI=1S/C23H23N5O3/c1-16(29)26-20-3-5-21(6-4-20)27-23(30)19-12-18(13-24-14-19)17-2-7-22(25-15-17)28-8-10-31-11-9-28/h2-7,12-15H,8-11H2,1H3,(H,26,29)(H,27,30). The highest BCUT2D eigenvalue weighted by Gasteiger charge is 2.13. The molecule has 8 nitrogen and oxygen atoms in total. The van der Waals surface area contributed by atoms with Gasteiger partial charge in [-0.2, -0.15) is 0 Å². The smallest absolute Gasteiger partial charge is 0.257 e. The van der Waals surface area contributed by atoms with Crippen molar-refractivity contribution in [2.45, 2.75) is 6.92 Å².